The van der Waals surface area contributed by atoms with E-state index < -0.39 is 18.1 Å². The lowest BCUT2D eigenvalue weighted by atomic mass is 9.93. The molecule has 4 heteroatoms. The molecule has 1 heterocycles. The molecule has 1 aliphatic rings. The van der Waals surface area contributed by atoms with Crippen LogP contribution in [-0.2, 0) is 9.47 Å². The summed E-state index contributed by atoms with van der Waals surface area (Å²) in [6.07, 6.45) is -1.26. The van der Waals surface area contributed by atoms with Crippen LogP contribution in [0.5, 0.6) is 0 Å². The van der Waals surface area contributed by atoms with Crippen molar-refractivity contribution in [3.8, 4) is 0 Å². The van der Waals surface area contributed by atoms with Crippen molar-refractivity contribution < 1.29 is 14.6 Å². The standard InChI is InChI=1S/C9H19NO3/c1-8(2)6(11)13-7(12-5)9(3,4)10-8/h6-7,10-11H,1-5H3. The molecule has 1 aliphatic heterocycles. The third-order valence-electron chi connectivity index (χ3n) is 2.32. The lowest BCUT2D eigenvalue weighted by Gasteiger charge is -2.49. The number of hydrogen-bond donors (Lipinski definition) is 2. The van der Waals surface area contributed by atoms with E-state index in [4.69, 9.17) is 9.47 Å². The molecule has 0 aromatic heterocycles. The Kier molecular flexibility index (Phi) is 2.69. The van der Waals surface area contributed by atoms with E-state index >= 15 is 0 Å². The van der Waals surface area contributed by atoms with E-state index in [-0.39, 0.29) is 5.54 Å². The number of rotatable bonds is 1. The van der Waals surface area contributed by atoms with Crippen LogP contribution in [0.2, 0.25) is 0 Å². The molecule has 0 aromatic carbocycles. The van der Waals surface area contributed by atoms with Crippen LogP contribution < -0.4 is 5.32 Å². The van der Waals surface area contributed by atoms with Gasteiger partial charge in [-0.15, -0.1) is 0 Å². The molecule has 0 radical (unpaired) electrons. The van der Waals surface area contributed by atoms with Crippen molar-refractivity contribution in [1.29, 1.82) is 0 Å². The lowest BCUT2D eigenvalue weighted by molar-refractivity contribution is -0.297. The number of aliphatic hydroxyl groups excluding tert-OH is 1. The highest BCUT2D eigenvalue weighted by Gasteiger charge is 2.46. The van der Waals surface area contributed by atoms with Crippen LogP contribution in [-0.4, -0.2) is 35.9 Å². The Morgan fingerprint density at radius 3 is 2.23 bits per heavy atom. The van der Waals surface area contributed by atoms with E-state index in [0.717, 1.165) is 0 Å². The molecular formula is C9H19NO3. The second kappa shape index (κ2) is 3.20. The highest BCUT2D eigenvalue weighted by atomic mass is 16.7. The van der Waals surface area contributed by atoms with Gasteiger partial charge in [-0.1, -0.05) is 0 Å². The Hall–Kier alpha value is -0.160. The van der Waals surface area contributed by atoms with Crippen LogP contribution in [0.15, 0.2) is 0 Å². The van der Waals surface area contributed by atoms with Crippen LogP contribution in [0.25, 0.3) is 0 Å². The molecule has 1 rings (SSSR count). The van der Waals surface area contributed by atoms with Gasteiger partial charge in [-0.25, -0.2) is 0 Å². The van der Waals surface area contributed by atoms with Crippen LogP contribution in [0.1, 0.15) is 27.7 Å². The van der Waals surface area contributed by atoms with Crippen molar-refractivity contribution in [2.75, 3.05) is 7.11 Å². The summed E-state index contributed by atoms with van der Waals surface area (Å²) < 4.78 is 10.5. The third-order valence-corrected chi connectivity index (χ3v) is 2.32. The van der Waals surface area contributed by atoms with Gasteiger partial charge >= 0.3 is 0 Å². The van der Waals surface area contributed by atoms with Gasteiger partial charge in [0.2, 0.25) is 0 Å². The first-order valence-electron chi connectivity index (χ1n) is 4.45. The average molecular weight is 189 g/mol. The second-order valence-electron chi connectivity index (χ2n) is 4.62. The van der Waals surface area contributed by atoms with Gasteiger partial charge in [0.05, 0.1) is 11.1 Å². The van der Waals surface area contributed by atoms with Crippen molar-refractivity contribution in [2.24, 2.45) is 0 Å². The molecule has 0 saturated carbocycles. The van der Waals surface area contributed by atoms with Crippen molar-refractivity contribution >= 4 is 0 Å². The summed E-state index contributed by atoms with van der Waals surface area (Å²) in [5.41, 5.74) is -0.740. The summed E-state index contributed by atoms with van der Waals surface area (Å²) in [5.74, 6) is 0. The summed E-state index contributed by atoms with van der Waals surface area (Å²) in [7, 11) is 1.57. The predicted octanol–water partition coefficient (Wildman–Crippen LogP) is 0.454. The Labute approximate surface area is 79.2 Å². The molecule has 0 bridgehead atoms. The average Bonchev–Trinajstić information content (AvgIpc) is 1.94. The zero-order valence-corrected chi connectivity index (χ0v) is 8.92. The maximum absolute atomic E-state index is 9.61. The van der Waals surface area contributed by atoms with Crippen molar-refractivity contribution in [1.82, 2.24) is 5.32 Å². The van der Waals surface area contributed by atoms with Gasteiger partial charge in [-0.3, -0.25) is 5.32 Å². The summed E-state index contributed by atoms with van der Waals surface area (Å²) in [6.45, 7) is 7.75. The fraction of sp³-hybridized carbons (Fsp3) is 1.00. The Morgan fingerprint density at radius 2 is 1.77 bits per heavy atom. The lowest BCUT2D eigenvalue weighted by Crippen LogP contribution is -2.69. The van der Waals surface area contributed by atoms with Crippen LogP contribution in [0.4, 0.5) is 0 Å². The Balaban J connectivity index is 2.79. The number of aliphatic hydroxyl groups is 1. The van der Waals surface area contributed by atoms with Gasteiger partial charge in [-0.05, 0) is 27.7 Å². The van der Waals surface area contributed by atoms with E-state index in [1.54, 1.807) is 7.11 Å². The summed E-state index contributed by atoms with van der Waals surface area (Å²) >= 11 is 0. The fourth-order valence-corrected chi connectivity index (χ4v) is 1.76. The van der Waals surface area contributed by atoms with Gasteiger partial charge in [-0.2, -0.15) is 0 Å². The van der Waals surface area contributed by atoms with E-state index in [0.29, 0.717) is 0 Å². The van der Waals surface area contributed by atoms with E-state index in [1.165, 1.54) is 0 Å². The molecule has 1 saturated heterocycles. The van der Waals surface area contributed by atoms with Crippen LogP contribution >= 0.6 is 0 Å². The quantitative estimate of drug-likeness (QED) is 0.629. The predicted molar refractivity (Wildman–Crippen MR) is 49.2 cm³/mol. The minimum Gasteiger partial charge on any atom is -0.366 e. The molecule has 1 fully saturated rings. The molecule has 0 spiro atoms. The first-order valence-corrected chi connectivity index (χ1v) is 4.45. The van der Waals surface area contributed by atoms with Gasteiger partial charge in [0.1, 0.15) is 0 Å². The molecule has 0 amide bonds. The molecular weight excluding hydrogens is 170 g/mol. The van der Waals surface area contributed by atoms with E-state index in [1.807, 2.05) is 27.7 Å². The molecule has 78 valence electrons. The molecule has 0 aromatic rings. The Bertz CT molecular complexity index is 191. The zero-order chi connectivity index (χ0) is 10.3. The molecule has 0 aliphatic carbocycles. The number of methoxy groups -OCH3 is 1. The topological polar surface area (TPSA) is 50.7 Å². The minimum absolute atomic E-state index is 0.294. The van der Waals surface area contributed by atoms with Crippen molar-refractivity contribution in [3.63, 3.8) is 0 Å². The maximum atomic E-state index is 9.61. The number of morpholine rings is 1. The molecule has 13 heavy (non-hydrogen) atoms. The number of nitrogens with one attached hydrogen (secondary N) is 1. The smallest absolute Gasteiger partial charge is 0.177 e. The first kappa shape index (κ1) is 10.9. The first-order chi connectivity index (χ1) is 5.79. The second-order valence-corrected chi connectivity index (χ2v) is 4.62. The van der Waals surface area contributed by atoms with Gasteiger partial charge < -0.3 is 14.6 Å². The van der Waals surface area contributed by atoms with E-state index in [9.17, 15) is 5.11 Å². The molecule has 2 unspecified atom stereocenters. The van der Waals surface area contributed by atoms with E-state index in [2.05, 4.69) is 5.32 Å². The normalized spacial score (nSPS) is 37.4. The monoisotopic (exact) mass is 189 g/mol. The SMILES string of the molecule is COC1OC(O)C(C)(C)NC1(C)C. The maximum Gasteiger partial charge on any atom is 0.177 e. The van der Waals surface area contributed by atoms with Crippen LogP contribution in [0.3, 0.4) is 0 Å². The third kappa shape index (κ3) is 2.02. The summed E-state index contributed by atoms with van der Waals surface area (Å²) in [5, 5.41) is 12.9. The Morgan fingerprint density at radius 1 is 1.23 bits per heavy atom. The molecule has 2 N–H and O–H groups in total. The van der Waals surface area contributed by atoms with Crippen molar-refractivity contribution in [2.45, 2.75) is 51.4 Å². The minimum atomic E-state index is -0.842. The zero-order valence-electron chi connectivity index (χ0n) is 8.92. The summed E-state index contributed by atoms with van der Waals surface area (Å²) in [4.78, 5) is 0. The van der Waals surface area contributed by atoms with Gasteiger partial charge in [0.15, 0.2) is 12.6 Å². The highest BCUT2D eigenvalue weighted by molar-refractivity contribution is 4.96. The fourth-order valence-electron chi connectivity index (χ4n) is 1.76. The van der Waals surface area contributed by atoms with Crippen molar-refractivity contribution in [3.05, 3.63) is 0 Å². The number of ether oxygens (including phenoxy) is 2. The molecule has 4 nitrogen and oxygen atoms in total. The van der Waals surface area contributed by atoms with Gasteiger partial charge in [0.25, 0.3) is 0 Å². The molecule has 2 atom stereocenters. The number of hydrogen-bond acceptors (Lipinski definition) is 4. The van der Waals surface area contributed by atoms with Gasteiger partial charge in [0, 0.05) is 7.11 Å². The largest absolute Gasteiger partial charge is 0.366 e. The van der Waals surface area contributed by atoms with Crippen LogP contribution in [0, 0.1) is 0 Å². The highest BCUT2D eigenvalue weighted by Crippen LogP contribution is 2.28. The summed E-state index contributed by atoms with van der Waals surface area (Å²) in [6, 6.07) is 0.